The molecular formula is C73H135N22O15+3. The van der Waals surface area contributed by atoms with Crippen LogP contribution in [0.5, 0.6) is 5.75 Å². The van der Waals surface area contributed by atoms with Crippen LogP contribution in [0.3, 0.4) is 0 Å². The van der Waals surface area contributed by atoms with E-state index in [4.69, 9.17) is 34.4 Å². The first-order valence-corrected chi connectivity index (χ1v) is 38.7. The summed E-state index contributed by atoms with van der Waals surface area (Å²) in [6, 6.07) is -7.89. The summed E-state index contributed by atoms with van der Waals surface area (Å²) in [5, 5.41) is 56.6. The number of benzene rings is 1. The second-order valence-electron chi connectivity index (χ2n) is 30.4. The topological polar surface area (TPSA) is 658 Å². The van der Waals surface area contributed by atoms with Gasteiger partial charge in [0.25, 0.3) is 5.91 Å². The van der Waals surface area contributed by atoms with Gasteiger partial charge in [0, 0.05) is 19.3 Å². The molecule has 0 saturated carbocycles. The first kappa shape index (κ1) is 97.5. The number of nitrogens with one attached hydrogen (secondary N) is 13. The van der Waals surface area contributed by atoms with Gasteiger partial charge in [-0.1, -0.05) is 65.8 Å². The van der Waals surface area contributed by atoms with E-state index in [-0.39, 0.29) is 120 Å². The van der Waals surface area contributed by atoms with Crippen molar-refractivity contribution < 1.29 is 89.7 Å². The average molecular weight is 1560 g/mol. The lowest BCUT2D eigenvalue weighted by Crippen LogP contribution is -2.69. The van der Waals surface area contributed by atoms with E-state index in [1.54, 1.807) is 19.9 Å². The summed E-state index contributed by atoms with van der Waals surface area (Å²) in [7, 11) is 0. The van der Waals surface area contributed by atoms with Crippen LogP contribution in [0.25, 0.3) is 0 Å². The van der Waals surface area contributed by atoms with Crippen molar-refractivity contribution in [2.45, 2.75) is 281 Å². The highest BCUT2D eigenvalue weighted by molar-refractivity contribution is 6.01. The highest BCUT2D eigenvalue weighted by Crippen LogP contribution is 2.22. The zero-order chi connectivity index (χ0) is 82.8. The van der Waals surface area contributed by atoms with Gasteiger partial charge in [0.15, 0.2) is 6.04 Å². The molecule has 37 heteroatoms. The van der Waals surface area contributed by atoms with Gasteiger partial charge < -0.3 is 120 Å². The van der Waals surface area contributed by atoms with Gasteiger partial charge in [-0.3, -0.25) is 73.0 Å². The number of hydrogen-bond acceptors (Lipinski definition) is 21. The summed E-state index contributed by atoms with van der Waals surface area (Å²) in [5.74, 6) is -11.6. The zero-order valence-corrected chi connectivity index (χ0v) is 66.0. The van der Waals surface area contributed by atoms with Crippen LogP contribution in [0, 0.1) is 17.8 Å². The van der Waals surface area contributed by atoms with E-state index >= 15 is 9.59 Å². The molecule has 1 heterocycles. The molecule has 1 aromatic rings. The van der Waals surface area contributed by atoms with Crippen LogP contribution < -0.4 is 121 Å². The monoisotopic (exact) mass is 1560 g/mol. The Morgan fingerprint density at radius 3 is 1.49 bits per heavy atom. The van der Waals surface area contributed by atoms with Crippen molar-refractivity contribution in [3.8, 4) is 5.75 Å². The Labute approximate surface area is 646 Å². The molecule has 12 atom stereocenters. The molecule has 0 aliphatic carbocycles. The standard InChI is InChI=1S/C73H132N22O15/c1-42(2)37-52(58(78)99)93-69(110)73(8)32-16-12-10-9-11-15-31-72(7,68(109)92-51(29-30-57(77)98)62(103)88-53(38-43(3)4)63(104)89-54(39-44(5)6)67(108)95-73)94-66(107)50(24-20-36-84-71(81)82)87-65(106)56(41-96)91-64(105)55(40-45-25-27-46(97)28-26-45)90-61(102)49(23-19-35-83-70(79)80)86-60(101)48(22-14-18-34-75)85-59(100)47(76)21-13-17-33-74/h9-10,25-28,42-44,47-56,70-71,83-84,96-97H,11-24,29-41,74-76,79-82H2,1-8H3,(H2,77,98)(H2,78,99)(H,85,100)(H,86,101)(H,87,106)(H,88,103)(H,89,104)(H,90,102)(H,91,105)(H,92,109)(H,93,110)(H,94,107)(H,95,108)/p+3/b10-9-/t47-,48-,49-,50-,51-,52-,53-,54-,55-,56-,72-,73-/m0/s1. The van der Waals surface area contributed by atoms with Gasteiger partial charge in [-0.2, -0.15) is 0 Å². The third-order valence-corrected chi connectivity index (χ3v) is 18.6. The highest BCUT2D eigenvalue weighted by atomic mass is 16.3. The van der Waals surface area contributed by atoms with Crippen molar-refractivity contribution in [1.82, 2.24) is 69.1 Å². The van der Waals surface area contributed by atoms with E-state index in [1.165, 1.54) is 38.1 Å². The fraction of sp³-hybridized carbons (Fsp3) is 0.712. The Bertz CT molecular complexity index is 3130. The van der Waals surface area contributed by atoms with Gasteiger partial charge in [-0.05, 0) is 184 Å². The molecule has 0 saturated heterocycles. The van der Waals surface area contributed by atoms with Gasteiger partial charge in [-0.15, -0.1) is 0 Å². The summed E-state index contributed by atoms with van der Waals surface area (Å²) < 4.78 is 0. The Balaban J connectivity index is 2.80. The molecule has 0 radical (unpaired) electrons. The van der Waals surface area contributed by atoms with Crippen molar-refractivity contribution in [2.75, 3.05) is 32.8 Å². The smallest absolute Gasteiger partial charge is 0.278 e. The van der Waals surface area contributed by atoms with Crippen LogP contribution in [-0.4, -0.2) is 204 Å². The Hall–Kier alpha value is -8.53. The normalized spacial score (nSPS) is 20.7. The molecule has 1 aliphatic rings. The van der Waals surface area contributed by atoms with Crippen molar-refractivity contribution in [2.24, 2.45) is 52.2 Å². The Morgan fingerprint density at radius 2 is 1.00 bits per heavy atom. The van der Waals surface area contributed by atoms with Gasteiger partial charge in [0.05, 0.1) is 19.7 Å². The van der Waals surface area contributed by atoms with E-state index in [0.29, 0.717) is 57.2 Å². The number of amides is 13. The van der Waals surface area contributed by atoms with E-state index < -0.39 is 180 Å². The van der Waals surface area contributed by atoms with Crippen LogP contribution in [0.15, 0.2) is 36.4 Å². The lowest BCUT2D eigenvalue weighted by Gasteiger charge is -2.34. The average Bonchev–Trinajstić information content (AvgIpc) is 0.863. The number of aliphatic hydroxyl groups is 1. The molecule has 37 nitrogen and oxygen atoms in total. The number of phenols is 1. The number of phenolic OH excluding ortho intramolecular Hbond substituents is 1. The van der Waals surface area contributed by atoms with Crippen LogP contribution in [0.2, 0.25) is 0 Å². The molecule has 1 aromatic carbocycles. The van der Waals surface area contributed by atoms with E-state index in [2.05, 4.69) is 86.3 Å². The van der Waals surface area contributed by atoms with E-state index in [9.17, 15) is 63.0 Å². The lowest BCUT2D eigenvalue weighted by atomic mass is 9.90. The van der Waals surface area contributed by atoms with Gasteiger partial charge >= 0.3 is 0 Å². The minimum Gasteiger partial charge on any atom is -0.508 e. The first-order valence-electron chi connectivity index (χ1n) is 38.7. The SMILES string of the molecule is CC(C)C[C@H](NC(=O)[C@]1(C)CCC/C=C\CCC[C@](C)(NC(=O)[C@H](CCCNC(N)N)NC(=O)[C@H](CO)NC(=O)[C@H](Cc2ccc(O)cc2)NC(=O)[C@H](CCCNC(N)N)NC(=O)[C@H](CCCC[NH3+])NC(=O)[C@@H]([NH3+])CCCC[NH3+])C(=O)N[C@@H](CCC(N)=O)C(=O)N[C@@H](CC(C)C)C(=O)N[C@@H](CC(C)C)C(=O)N1)C(N)=O. The number of quaternary nitrogens is 3. The second-order valence-corrected chi connectivity index (χ2v) is 30.4. The summed E-state index contributed by atoms with van der Waals surface area (Å²) in [4.78, 5) is 185. The Kier molecular flexibility index (Phi) is 45.3. The van der Waals surface area contributed by atoms with Crippen LogP contribution >= 0.6 is 0 Å². The fourth-order valence-electron chi connectivity index (χ4n) is 12.3. The maximum atomic E-state index is 15.1. The van der Waals surface area contributed by atoms with Gasteiger partial charge in [0.1, 0.15) is 83.8 Å². The van der Waals surface area contributed by atoms with Gasteiger partial charge in [-0.25, -0.2) is 0 Å². The lowest BCUT2D eigenvalue weighted by molar-refractivity contribution is -0.406. The number of aromatic hydroxyl groups is 1. The molecule has 0 unspecified atom stereocenters. The number of nitrogens with two attached hydrogens (primary N) is 6. The summed E-state index contributed by atoms with van der Waals surface area (Å²) in [5.41, 5.74) is 42.9. The number of carbonyl (C=O) groups excluding carboxylic acids is 13. The van der Waals surface area contributed by atoms with Gasteiger partial charge in [0.2, 0.25) is 70.9 Å². The molecule has 36 N–H and O–H groups in total. The number of primary amides is 2. The van der Waals surface area contributed by atoms with Crippen LogP contribution in [0.4, 0.5) is 0 Å². The summed E-state index contributed by atoms with van der Waals surface area (Å²) in [6.07, 6.45) is 5.01. The molecule has 110 heavy (non-hydrogen) atoms. The number of aliphatic hydroxyl groups excluding tert-OH is 1. The van der Waals surface area contributed by atoms with E-state index in [1.807, 2.05) is 33.8 Å². The molecular weight excluding hydrogens is 1420 g/mol. The van der Waals surface area contributed by atoms with Crippen LogP contribution in [-0.2, 0) is 68.7 Å². The number of carbonyl (C=O) groups is 13. The van der Waals surface area contributed by atoms with Crippen LogP contribution in [0.1, 0.15) is 196 Å². The van der Waals surface area contributed by atoms with Crippen molar-refractivity contribution in [1.29, 1.82) is 0 Å². The minimum atomic E-state index is -1.98. The quantitative estimate of drug-likeness (QED) is 0.0164. The number of allylic oxidation sites excluding steroid dienone is 2. The molecule has 0 fully saturated rings. The van der Waals surface area contributed by atoms with Crippen molar-refractivity contribution >= 4 is 76.8 Å². The van der Waals surface area contributed by atoms with Crippen molar-refractivity contribution in [3.63, 3.8) is 0 Å². The first-order chi connectivity index (χ1) is 51.8. The second kappa shape index (κ2) is 51.1. The number of hydrogen-bond donors (Lipinski definition) is 24. The largest absolute Gasteiger partial charge is 0.508 e. The minimum absolute atomic E-state index is 0.00190. The molecule has 1 aliphatic heterocycles. The Morgan fingerprint density at radius 1 is 0.545 bits per heavy atom. The molecule has 2 rings (SSSR count). The third kappa shape index (κ3) is 37.9. The highest BCUT2D eigenvalue weighted by Gasteiger charge is 2.43. The zero-order valence-electron chi connectivity index (χ0n) is 66.0. The molecule has 624 valence electrons. The summed E-state index contributed by atoms with van der Waals surface area (Å²) >= 11 is 0. The number of unbranched alkanes of at least 4 members (excludes halogenated alkanes) is 2. The fourth-order valence-corrected chi connectivity index (χ4v) is 12.3. The third-order valence-electron chi connectivity index (χ3n) is 18.6. The maximum Gasteiger partial charge on any atom is 0.278 e. The van der Waals surface area contributed by atoms with Crippen molar-refractivity contribution in [3.05, 3.63) is 42.0 Å². The molecule has 0 spiro atoms. The predicted octanol–water partition coefficient (Wildman–Crippen LogP) is -6.58. The number of rotatable bonds is 45. The van der Waals surface area contributed by atoms with E-state index in [0.717, 1.165) is 6.42 Å². The summed E-state index contributed by atoms with van der Waals surface area (Å²) in [6.45, 7) is 14.2. The molecule has 13 amide bonds. The predicted molar refractivity (Wildman–Crippen MR) is 411 cm³/mol. The molecule has 0 aromatic heterocycles. The maximum absolute atomic E-state index is 15.1. The molecule has 0 bridgehead atoms.